The number of halogens is 4. The Hall–Kier alpha value is -4.85. The van der Waals surface area contributed by atoms with E-state index in [0.717, 1.165) is 11.3 Å². The van der Waals surface area contributed by atoms with Crippen LogP contribution in [0.25, 0.3) is 11.3 Å². The monoisotopic (exact) mass is 618 g/mol. The van der Waals surface area contributed by atoms with Gasteiger partial charge in [-0.2, -0.15) is 4.99 Å². The molecule has 4 rings (SSSR count). The number of hydrogen-bond donors (Lipinski definition) is 2. The van der Waals surface area contributed by atoms with Crippen molar-refractivity contribution < 1.29 is 41.4 Å². The van der Waals surface area contributed by atoms with Crippen LogP contribution in [0.15, 0.2) is 77.1 Å². The van der Waals surface area contributed by atoms with Gasteiger partial charge in [0.1, 0.15) is 23.1 Å². The summed E-state index contributed by atoms with van der Waals surface area (Å²) in [4.78, 5) is 30.1. The van der Waals surface area contributed by atoms with Crippen LogP contribution >= 0.6 is 11.3 Å². The van der Waals surface area contributed by atoms with E-state index in [1.807, 2.05) is 0 Å². The van der Waals surface area contributed by atoms with E-state index in [1.54, 1.807) is 22.1 Å². The topological polar surface area (TPSA) is 103 Å². The lowest BCUT2D eigenvalue weighted by molar-refractivity contribution is -0.274. The quantitative estimate of drug-likeness (QED) is 0.162. The van der Waals surface area contributed by atoms with E-state index in [9.17, 15) is 27.2 Å². The summed E-state index contributed by atoms with van der Waals surface area (Å²) in [7, 11) is 2.90. The number of carbonyl (C=O) groups excluding carboxylic acids is 2. The zero-order valence-electron chi connectivity index (χ0n) is 22.9. The molecule has 1 aromatic heterocycles. The van der Waals surface area contributed by atoms with Crippen molar-refractivity contribution in [2.75, 3.05) is 26.1 Å². The first kappa shape index (κ1) is 31.1. The minimum Gasteiger partial charge on any atom is -0.497 e. The smallest absolute Gasteiger partial charge is 0.497 e. The third-order valence-electron chi connectivity index (χ3n) is 5.96. The second kappa shape index (κ2) is 13.9. The van der Waals surface area contributed by atoms with Crippen molar-refractivity contribution in [3.05, 3.63) is 88.3 Å². The number of hydrogen-bond acceptors (Lipinski definition) is 6. The molecule has 3 aromatic carbocycles. The van der Waals surface area contributed by atoms with E-state index in [1.165, 1.54) is 68.8 Å². The van der Waals surface area contributed by atoms with Crippen molar-refractivity contribution in [1.29, 1.82) is 0 Å². The van der Waals surface area contributed by atoms with E-state index < -0.39 is 24.1 Å². The van der Waals surface area contributed by atoms with E-state index >= 15 is 0 Å². The Bertz CT molecular complexity index is 1630. The third-order valence-corrected chi connectivity index (χ3v) is 6.83. The highest BCUT2D eigenvalue weighted by Gasteiger charge is 2.31. The van der Waals surface area contributed by atoms with Gasteiger partial charge in [-0.25, -0.2) is 9.18 Å². The molecule has 0 fully saturated rings. The van der Waals surface area contributed by atoms with Crippen LogP contribution in [0.4, 0.5) is 28.0 Å². The van der Waals surface area contributed by atoms with Gasteiger partial charge in [-0.3, -0.25) is 4.79 Å². The molecule has 0 spiro atoms. The van der Waals surface area contributed by atoms with Gasteiger partial charge in [0.15, 0.2) is 4.80 Å². The molecule has 0 saturated heterocycles. The lowest BCUT2D eigenvalue weighted by atomic mass is 10.1. The zero-order chi connectivity index (χ0) is 31.0. The SMILES string of the molecule is COc1ccc(C(=O)N=c2scc(-c3ccc(OC(F)(F)F)cc3)n2CCCNC(=O)Nc2ccc(F)cc2)c(OC)c1. The van der Waals surface area contributed by atoms with Gasteiger partial charge in [0.25, 0.3) is 5.91 Å². The number of amides is 3. The third kappa shape index (κ3) is 8.58. The molecule has 0 unspecified atom stereocenters. The minimum atomic E-state index is -4.82. The summed E-state index contributed by atoms with van der Waals surface area (Å²) in [6.45, 7) is 0.524. The van der Waals surface area contributed by atoms with E-state index in [4.69, 9.17) is 9.47 Å². The van der Waals surface area contributed by atoms with Gasteiger partial charge in [-0.15, -0.1) is 24.5 Å². The van der Waals surface area contributed by atoms with E-state index in [2.05, 4.69) is 20.4 Å². The first-order valence-electron chi connectivity index (χ1n) is 12.7. The Labute approximate surface area is 247 Å². The summed E-state index contributed by atoms with van der Waals surface area (Å²) in [6, 6.07) is 14.8. The molecule has 43 heavy (non-hydrogen) atoms. The molecule has 0 atom stereocenters. The van der Waals surface area contributed by atoms with Crippen LogP contribution in [0.2, 0.25) is 0 Å². The molecule has 1 heterocycles. The number of rotatable bonds is 10. The average Bonchev–Trinajstić information content (AvgIpc) is 3.37. The predicted octanol–water partition coefficient (Wildman–Crippen LogP) is 6.22. The number of methoxy groups -OCH3 is 2. The van der Waals surface area contributed by atoms with Gasteiger partial charge in [0, 0.05) is 30.2 Å². The van der Waals surface area contributed by atoms with Gasteiger partial charge in [0.05, 0.1) is 25.5 Å². The number of benzene rings is 3. The lowest BCUT2D eigenvalue weighted by Gasteiger charge is -2.12. The second-order valence-electron chi connectivity index (χ2n) is 8.85. The molecule has 0 radical (unpaired) electrons. The highest BCUT2D eigenvalue weighted by molar-refractivity contribution is 7.07. The summed E-state index contributed by atoms with van der Waals surface area (Å²) in [5.41, 5.74) is 1.77. The van der Waals surface area contributed by atoms with Gasteiger partial charge in [-0.05, 0) is 72.6 Å². The number of thiazole rings is 1. The fourth-order valence-electron chi connectivity index (χ4n) is 3.96. The minimum absolute atomic E-state index is 0.206. The first-order chi connectivity index (χ1) is 20.6. The molecule has 226 valence electrons. The van der Waals surface area contributed by atoms with Crippen LogP contribution in [0.5, 0.6) is 17.2 Å². The summed E-state index contributed by atoms with van der Waals surface area (Å²) in [6.07, 6.45) is -4.42. The molecule has 14 heteroatoms. The van der Waals surface area contributed by atoms with Crippen molar-refractivity contribution in [3.8, 4) is 28.5 Å². The molecule has 3 amide bonds. The maximum atomic E-state index is 13.2. The van der Waals surface area contributed by atoms with Crippen LogP contribution in [0.1, 0.15) is 16.8 Å². The highest BCUT2D eigenvalue weighted by atomic mass is 32.1. The standard InChI is InChI=1S/C29H26F4N4O5S/c1-40-22-12-13-23(25(16-22)41-2)26(38)36-28-37(15-3-14-34-27(39)35-20-8-6-19(30)7-9-20)24(17-43-28)18-4-10-21(11-5-18)42-29(31,32)33/h4-13,16-17H,3,14-15H2,1-2H3,(H2,34,35,39). The van der Waals surface area contributed by atoms with Gasteiger partial charge >= 0.3 is 12.4 Å². The van der Waals surface area contributed by atoms with Crippen molar-refractivity contribution in [1.82, 2.24) is 9.88 Å². The van der Waals surface area contributed by atoms with Crippen LogP contribution < -0.4 is 29.6 Å². The lowest BCUT2D eigenvalue weighted by Crippen LogP contribution is -2.30. The van der Waals surface area contributed by atoms with Crippen LogP contribution in [0.3, 0.4) is 0 Å². The Morgan fingerprint density at radius 1 is 0.953 bits per heavy atom. The fraction of sp³-hybridized carbons (Fsp3) is 0.207. The maximum Gasteiger partial charge on any atom is 0.573 e. The van der Waals surface area contributed by atoms with E-state index in [0.29, 0.717) is 40.5 Å². The molecule has 4 aromatic rings. The van der Waals surface area contributed by atoms with Crippen LogP contribution in [-0.2, 0) is 6.54 Å². The largest absolute Gasteiger partial charge is 0.573 e. The average molecular weight is 619 g/mol. The van der Waals surface area contributed by atoms with Crippen molar-refractivity contribution in [3.63, 3.8) is 0 Å². The van der Waals surface area contributed by atoms with E-state index in [-0.39, 0.29) is 23.6 Å². The summed E-state index contributed by atoms with van der Waals surface area (Å²) in [5.74, 6) is -0.612. The molecule has 9 nitrogen and oxygen atoms in total. The van der Waals surface area contributed by atoms with Gasteiger partial charge in [-0.1, -0.05) is 0 Å². The molecular weight excluding hydrogens is 592 g/mol. The number of nitrogens with zero attached hydrogens (tertiary/aromatic N) is 2. The van der Waals surface area contributed by atoms with Crippen molar-refractivity contribution in [2.24, 2.45) is 4.99 Å². The van der Waals surface area contributed by atoms with Gasteiger partial charge in [0.2, 0.25) is 0 Å². The summed E-state index contributed by atoms with van der Waals surface area (Å²) >= 11 is 1.16. The number of anilines is 1. The first-order valence-corrected chi connectivity index (χ1v) is 13.6. The number of alkyl halides is 3. The maximum absolute atomic E-state index is 13.2. The van der Waals surface area contributed by atoms with Crippen molar-refractivity contribution >= 4 is 29.0 Å². The predicted molar refractivity (Wildman–Crippen MR) is 152 cm³/mol. The number of aromatic nitrogens is 1. The van der Waals surface area contributed by atoms with Crippen LogP contribution in [0, 0.1) is 5.82 Å². The number of nitrogens with one attached hydrogen (secondary N) is 2. The normalized spacial score (nSPS) is 11.6. The van der Waals surface area contributed by atoms with Gasteiger partial charge < -0.3 is 29.4 Å². The number of ether oxygens (including phenoxy) is 3. The summed E-state index contributed by atoms with van der Waals surface area (Å²) in [5, 5.41) is 7.03. The molecular formula is C29H26F4N4O5S. The Kier molecular flexibility index (Phi) is 10.0. The molecule has 0 aliphatic carbocycles. The Morgan fingerprint density at radius 2 is 1.65 bits per heavy atom. The van der Waals surface area contributed by atoms with Crippen molar-refractivity contribution in [2.45, 2.75) is 19.3 Å². The summed E-state index contributed by atoms with van der Waals surface area (Å²) < 4.78 is 67.2. The molecule has 2 N–H and O–H groups in total. The Balaban J connectivity index is 1.56. The Morgan fingerprint density at radius 3 is 2.30 bits per heavy atom. The van der Waals surface area contributed by atoms with Crippen LogP contribution in [-0.4, -0.2) is 43.6 Å². The molecule has 0 bridgehead atoms. The highest BCUT2D eigenvalue weighted by Crippen LogP contribution is 2.28. The zero-order valence-corrected chi connectivity index (χ0v) is 23.7. The molecule has 0 aliphatic rings. The molecule has 0 aliphatic heterocycles. The fourth-order valence-corrected chi connectivity index (χ4v) is 4.90. The number of urea groups is 1. The second-order valence-corrected chi connectivity index (χ2v) is 9.69. The number of carbonyl (C=O) groups is 2. The molecule has 0 saturated carbocycles.